The van der Waals surface area contributed by atoms with Crippen LogP contribution in [0.5, 0.6) is 0 Å². The number of fused-ring (bicyclic) bond motifs is 1. The minimum Gasteiger partial charge on any atom is -0.378 e. The van der Waals surface area contributed by atoms with Crippen molar-refractivity contribution in [2.45, 2.75) is 49.3 Å². The van der Waals surface area contributed by atoms with Gasteiger partial charge < -0.3 is 10.1 Å². The van der Waals surface area contributed by atoms with Crippen LogP contribution >= 0.6 is 0 Å². The molecule has 1 aliphatic carbocycles. The Bertz CT molecular complexity index is 626. The summed E-state index contributed by atoms with van der Waals surface area (Å²) in [4.78, 5) is 0.272. The van der Waals surface area contributed by atoms with Crippen molar-refractivity contribution in [3.8, 4) is 0 Å². The molecule has 0 saturated heterocycles. The summed E-state index contributed by atoms with van der Waals surface area (Å²) < 4.78 is 43.1. The zero-order valence-corrected chi connectivity index (χ0v) is 12.8. The van der Waals surface area contributed by atoms with Crippen LogP contribution in [-0.4, -0.2) is 32.9 Å². The molecule has 0 spiro atoms. The van der Waals surface area contributed by atoms with E-state index >= 15 is 0 Å². The van der Waals surface area contributed by atoms with Crippen LogP contribution in [0.15, 0.2) is 23.1 Å². The zero-order chi connectivity index (χ0) is 15.0. The number of ether oxygens (including phenoxy) is 1. The number of halogens is 1. The quantitative estimate of drug-likeness (QED) is 0.866. The molecule has 1 aromatic carbocycles. The average Bonchev–Trinajstić information content (AvgIpc) is 2.38. The third-order valence-corrected chi connectivity index (χ3v) is 6.11. The predicted molar refractivity (Wildman–Crippen MR) is 77.4 cm³/mol. The van der Waals surface area contributed by atoms with Crippen LogP contribution in [0.3, 0.4) is 0 Å². The molecule has 6 heteroatoms. The number of nitrogens with one attached hydrogen (secondary N) is 1. The second kappa shape index (κ2) is 5.66. The molecular weight excluding hydrogens is 293 g/mol. The molecule has 0 radical (unpaired) electrons. The highest BCUT2D eigenvalue weighted by atomic mass is 32.2. The van der Waals surface area contributed by atoms with Gasteiger partial charge in [0.1, 0.15) is 5.82 Å². The van der Waals surface area contributed by atoms with Crippen molar-refractivity contribution in [3.63, 3.8) is 0 Å². The maximum Gasteiger partial charge on any atom is 0.178 e. The maximum atomic E-state index is 13.5. The lowest BCUT2D eigenvalue weighted by atomic mass is 9.87. The Kier molecular flexibility index (Phi) is 4.03. The van der Waals surface area contributed by atoms with Gasteiger partial charge >= 0.3 is 0 Å². The van der Waals surface area contributed by atoms with Gasteiger partial charge in [0.05, 0.1) is 16.8 Å². The lowest BCUT2D eigenvalue weighted by molar-refractivity contribution is -0.0127. The Morgan fingerprint density at radius 1 is 1.38 bits per heavy atom. The molecule has 0 bridgehead atoms. The van der Waals surface area contributed by atoms with Crippen molar-refractivity contribution in [1.29, 1.82) is 0 Å². The number of benzene rings is 1. The Balaban J connectivity index is 1.75. The van der Waals surface area contributed by atoms with Gasteiger partial charge in [-0.2, -0.15) is 0 Å². The highest BCUT2D eigenvalue weighted by Crippen LogP contribution is 2.35. The van der Waals surface area contributed by atoms with Crippen LogP contribution in [-0.2, 0) is 14.6 Å². The SMILES string of the molecule is CCOC1CC(NC2CCS(=O)(=O)c3ccc(F)cc32)C1. The molecule has 4 nitrogen and oxygen atoms in total. The number of hydrogen-bond donors (Lipinski definition) is 1. The van der Waals surface area contributed by atoms with Crippen molar-refractivity contribution >= 4 is 9.84 Å². The fraction of sp³-hybridized carbons (Fsp3) is 0.600. The van der Waals surface area contributed by atoms with E-state index < -0.39 is 15.7 Å². The Hall–Kier alpha value is -0.980. The van der Waals surface area contributed by atoms with Crippen molar-refractivity contribution in [3.05, 3.63) is 29.6 Å². The van der Waals surface area contributed by atoms with Crippen LogP contribution in [0.25, 0.3) is 0 Å². The highest BCUT2D eigenvalue weighted by Gasteiger charge is 2.35. The van der Waals surface area contributed by atoms with Crippen molar-refractivity contribution in [2.24, 2.45) is 0 Å². The molecule has 0 amide bonds. The minimum absolute atomic E-state index is 0.0909. The smallest absolute Gasteiger partial charge is 0.178 e. The maximum absolute atomic E-state index is 13.5. The first-order chi connectivity index (χ1) is 9.99. The van der Waals surface area contributed by atoms with E-state index in [9.17, 15) is 12.8 Å². The summed E-state index contributed by atoms with van der Waals surface area (Å²) >= 11 is 0. The Morgan fingerprint density at radius 3 is 2.86 bits per heavy atom. The first kappa shape index (κ1) is 14.9. The molecule has 1 aliphatic heterocycles. The molecule has 1 heterocycles. The molecule has 1 unspecified atom stereocenters. The number of sulfone groups is 1. The average molecular weight is 313 g/mol. The molecule has 0 aromatic heterocycles. The van der Waals surface area contributed by atoms with E-state index in [1.54, 1.807) is 0 Å². The van der Waals surface area contributed by atoms with Gasteiger partial charge in [-0.15, -0.1) is 0 Å². The Labute approximate surface area is 124 Å². The molecule has 116 valence electrons. The second-order valence-electron chi connectivity index (χ2n) is 5.75. The third kappa shape index (κ3) is 2.98. The monoisotopic (exact) mass is 313 g/mol. The molecule has 1 atom stereocenters. The van der Waals surface area contributed by atoms with Crippen molar-refractivity contribution in [1.82, 2.24) is 5.32 Å². The van der Waals surface area contributed by atoms with Crippen molar-refractivity contribution < 1.29 is 17.5 Å². The van der Waals surface area contributed by atoms with Gasteiger partial charge in [0.2, 0.25) is 0 Å². The van der Waals surface area contributed by atoms with Crippen molar-refractivity contribution in [2.75, 3.05) is 12.4 Å². The third-order valence-electron chi connectivity index (χ3n) is 4.29. The minimum atomic E-state index is -3.27. The lowest BCUT2D eigenvalue weighted by Gasteiger charge is -2.39. The van der Waals surface area contributed by atoms with Gasteiger partial charge in [0, 0.05) is 18.7 Å². The summed E-state index contributed by atoms with van der Waals surface area (Å²) in [5.41, 5.74) is 0.570. The van der Waals surface area contributed by atoms with Crippen LogP contribution in [0.1, 0.15) is 37.8 Å². The first-order valence-corrected chi connectivity index (χ1v) is 9.04. The summed E-state index contributed by atoms with van der Waals surface area (Å²) in [7, 11) is -3.27. The molecule has 3 rings (SSSR count). The number of rotatable bonds is 4. The summed E-state index contributed by atoms with van der Waals surface area (Å²) in [5.74, 6) is -0.274. The summed E-state index contributed by atoms with van der Waals surface area (Å²) in [5, 5.41) is 3.45. The molecule has 21 heavy (non-hydrogen) atoms. The van der Waals surface area contributed by atoms with E-state index in [0.717, 1.165) is 12.8 Å². The van der Waals surface area contributed by atoms with Gasteiger partial charge in [-0.3, -0.25) is 0 Å². The van der Waals surface area contributed by atoms with E-state index in [4.69, 9.17) is 4.74 Å². The summed E-state index contributed by atoms with van der Waals surface area (Å²) in [6.45, 7) is 2.69. The molecule has 1 saturated carbocycles. The topological polar surface area (TPSA) is 55.4 Å². The zero-order valence-electron chi connectivity index (χ0n) is 12.0. The molecule has 1 fully saturated rings. The van der Waals surface area contributed by atoms with Crippen LogP contribution < -0.4 is 5.32 Å². The highest BCUT2D eigenvalue weighted by molar-refractivity contribution is 7.91. The lowest BCUT2D eigenvalue weighted by Crippen LogP contribution is -2.47. The largest absolute Gasteiger partial charge is 0.378 e. The summed E-state index contributed by atoms with van der Waals surface area (Å²) in [6.07, 6.45) is 2.66. The second-order valence-corrected chi connectivity index (χ2v) is 7.83. The fourth-order valence-electron chi connectivity index (χ4n) is 3.14. The van der Waals surface area contributed by atoms with E-state index in [0.29, 0.717) is 30.7 Å². The Morgan fingerprint density at radius 2 is 2.14 bits per heavy atom. The molecule has 1 N–H and O–H groups in total. The fourth-order valence-corrected chi connectivity index (χ4v) is 4.75. The standard InChI is InChI=1S/C15H20FNO3S/c1-2-20-12-8-11(9-12)17-14-5-6-21(18,19)15-4-3-10(16)7-13(14)15/h3-4,7,11-12,14,17H,2,5-6,8-9H2,1H3. The van der Waals surface area contributed by atoms with E-state index in [2.05, 4.69) is 5.32 Å². The van der Waals surface area contributed by atoms with E-state index in [1.165, 1.54) is 18.2 Å². The summed E-state index contributed by atoms with van der Waals surface area (Å²) in [6, 6.07) is 4.18. The normalized spacial score (nSPS) is 30.5. The van der Waals surface area contributed by atoms with Gasteiger partial charge in [0.25, 0.3) is 0 Å². The van der Waals surface area contributed by atoms with Crippen LogP contribution in [0.2, 0.25) is 0 Å². The van der Waals surface area contributed by atoms with Crippen LogP contribution in [0.4, 0.5) is 4.39 Å². The van der Waals surface area contributed by atoms with Gasteiger partial charge in [0.15, 0.2) is 9.84 Å². The van der Waals surface area contributed by atoms with Crippen LogP contribution in [0, 0.1) is 5.82 Å². The van der Waals surface area contributed by atoms with Gasteiger partial charge in [-0.05, 0) is 49.9 Å². The van der Waals surface area contributed by atoms with E-state index in [1.807, 2.05) is 6.92 Å². The predicted octanol–water partition coefficient (Wildman–Crippen LogP) is 2.20. The first-order valence-electron chi connectivity index (χ1n) is 7.39. The van der Waals surface area contributed by atoms with Gasteiger partial charge in [-0.25, -0.2) is 12.8 Å². The molecule has 2 aliphatic rings. The molecule has 1 aromatic rings. The van der Waals surface area contributed by atoms with Gasteiger partial charge in [-0.1, -0.05) is 0 Å². The van der Waals surface area contributed by atoms with E-state index in [-0.39, 0.29) is 16.7 Å². The number of hydrogen-bond acceptors (Lipinski definition) is 4. The molecular formula is C15H20FNO3S.